The third-order valence-electron chi connectivity index (χ3n) is 2.71. The summed E-state index contributed by atoms with van der Waals surface area (Å²) in [5, 5.41) is 0. The molecule has 0 spiro atoms. The summed E-state index contributed by atoms with van der Waals surface area (Å²) < 4.78 is 16.1. The first-order chi connectivity index (χ1) is 9.63. The van der Waals surface area contributed by atoms with Crippen molar-refractivity contribution in [3.63, 3.8) is 0 Å². The predicted octanol–water partition coefficient (Wildman–Crippen LogP) is 1.71. The van der Waals surface area contributed by atoms with Gasteiger partial charge in [-0.2, -0.15) is 0 Å². The number of pyridine rings is 1. The van der Waals surface area contributed by atoms with E-state index in [9.17, 15) is 0 Å². The Morgan fingerprint density at radius 1 is 1.20 bits per heavy atom. The van der Waals surface area contributed by atoms with Crippen LogP contribution >= 0.6 is 0 Å². The zero-order valence-corrected chi connectivity index (χ0v) is 12.7. The minimum Gasteiger partial charge on any atom is -0.489 e. The molecule has 0 fully saturated rings. The standard InChI is InChI=1S/C15H26N2O3/c1-12(16)11-14-15(6-5-13(2)17-14)20-10-9-19-8-4-7-18-3/h5-6,12H,4,7-11,16H2,1-3H3. The van der Waals surface area contributed by atoms with Gasteiger partial charge < -0.3 is 19.9 Å². The zero-order valence-electron chi connectivity index (χ0n) is 12.7. The van der Waals surface area contributed by atoms with Crippen LogP contribution in [0, 0.1) is 6.92 Å². The van der Waals surface area contributed by atoms with E-state index in [1.54, 1.807) is 7.11 Å². The molecule has 0 radical (unpaired) electrons. The summed E-state index contributed by atoms with van der Waals surface area (Å²) in [6, 6.07) is 3.96. The molecule has 0 bridgehead atoms. The number of aryl methyl sites for hydroxylation is 1. The normalized spacial score (nSPS) is 12.4. The number of nitrogens with zero attached hydrogens (tertiary/aromatic N) is 1. The van der Waals surface area contributed by atoms with Crippen molar-refractivity contribution in [1.29, 1.82) is 0 Å². The summed E-state index contributed by atoms with van der Waals surface area (Å²) in [4.78, 5) is 4.49. The number of nitrogens with two attached hydrogens (primary N) is 1. The zero-order chi connectivity index (χ0) is 14.8. The third kappa shape index (κ3) is 6.84. The Kier molecular flexibility index (Phi) is 8.18. The van der Waals surface area contributed by atoms with Gasteiger partial charge in [0.05, 0.1) is 12.3 Å². The SMILES string of the molecule is COCCCOCCOc1ccc(C)nc1CC(C)N. The van der Waals surface area contributed by atoms with Gasteiger partial charge in [0, 0.05) is 38.5 Å². The van der Waals surface area contributed by atoms with E-state index in [0.29, 0.717) is 26.2 Å². The third-order valence-corrected chi connectivity index (χ3v) is 2.71. The average Bonchev–Trinajstić information content (AvgIpc) is 2.39. The van der Waals surface area contributed by atoms with Crippen LogP contribution in [0.15, 0.2) is 12.1 Å². The number of hydrogen-bond acceptors (Lipinski definition) is 5. The van der Waals surface area contributed by atoms with Crippen LogP contribution in [-0.2, 0) is 15.9 Å². The van der Waals surface area contributed by atoms with Gasteiger partial charge >= 0.3 is 0 Å². The lowest BCUT2D eigenvalue weighted by Gasteiger charge is -2.13. The highest BCUT2D eigenvalue weighted by molar-refractivity contribution is 5.29. The number of aromatic nitrogens is 1. The molecule has 2 N–H and O–H groups in total. The Morgan fingerprint density at radius 2 is 2.00 bits per heavy atom. The molecule has 0 saturated carbocycles. The second kappa shape index (κ2) is 9.69. The molecule has 1 aromatic rings. The maximum Gasteiger partial charge on any atom is 0.140 e. The molecule has 0 aromatic carbocycles. The molecule has 0 saturated heterocycles. The molecule has 0 aliphatic rings. The summed E-state index contributed by atoms with van der Waals surface area (Å²) in [7, 11) is 1.69. The lowest BCUT2D eigenvalue weighted by molar-refractivity contribution is 0.0803. The Bertz CT molecular complexity index is 383. The van der Waals surface area contributed by atoms with E-state index < -0.39 is 0 Å². The smallest absolute Gasteiger partial charge is 0.140 e. The topological polar surface area (TPSA) is 66.6 Å². The van der Waals surface area contributed by atoms with E-state index in [1.807, 2.05) is 26.0 Å². The quantitative estimate of drug-likeness (QED) is 0.662. The van der Waals surface area contributed by atoms with E-state index in [2.05, 4.69) is 4.98 Å². The van der Waals surface area contributed by atoms with E-state index in [1.165, 1.54) is 0 Å². The molecule has 0 aliphatic heterocycles. The molecular weight excluding hydrogens is 256 g/mol. The van der Waals surface area contributed by atoms with Crippen LogP contribution in [0.1, 0.15) is 24.7 Å². The minimum atomic E-state index is 0.0666. The summed E-state index contributed by atoms with van der Waals surface area (Å²) in [6.07, 6.45) is 1.62. The average molecular weight is 282 g/mol. The van der Waals surface area contributed by atoms with Gasteiger partial charge in [0.25, 0.3) is 0 Å². The molecule has 114 valence electrons. The van der Waals surface area contributed by atoms with E-state index in [4.69, 9.17) is 19.9 Å². The number of methoxy groups -OCH3 is 1. The first-order valence-electron chi connectivity index (χ1n) is 7.05. The first kappa shape index (κ1) is 16.9. The predicted molar refractivity (Wildman–Crippen MR) is 79.1 cm³/mol. The fraction of sp³-hybridized carbons (Fsp3) is 0.667. The Labute approximate surface area is 121 Å². The Balaban J connectivity index is 2.35. The van der Waals surface area contributed by atoms with Crippen molar-refractivity contribution in [3.8, 4) is 5.75 Å². The lowest BCUT2D eigenvalue weighted by atomic mass is 10.1. The van der Waals surface area contributed by atoms with Crippen molar-refractivity contribution in [2.24, 2.45) is 5.73 Å². The number of rotatable bonds is 10. The molecule has 5 nitrogen and oxygen atoms in total. The molecular formula is C15H26N2O3. The van der Waals surface area contributed by atoms with Gasteiger partial charge in [-0.15, -0.1) is 0 Å². The maximum atomic E-state index is 5.83. The Morgan fingerprint density at radius 3 is 2.70 bits per heavy atom. The molecule has 1 rings (SSSR count). The number of hydrogen-bond donors (Lipinski definition) is 1. The highest BCUT2D eigenvalue weighted by Crippen LogP contribution is 2.18. The minimum absolute atomic E-state index is 0.0666. The van der Waals surface area contributed by atoms with Crippen molar-refractivity contribution >= 4 is 0 Å². The molecule has 0 aliphatic carbocycles. The van der Waals surface area contributed by atoms with Crippen LogP contribution in [0.2, 0.25) is 0 Å². The molecule has 20 heavy (non-hydrogen) atoms. The fourth-order valence-corrected chi connectivity index (χ4v) is 1.80. The molecule has 0 amide bonds. The summed E-state index contributed by atoms with van der Waals surface area (Å²) in [5.41, 5.74) is 7.73. The highest BCUT2D eigenvalue weighted by atomic mass is 16.5. The van der Waals surface area contributed by atoms with Gasteiger partial charge in [-0.05, 0) is 32.4 Å². The molecule has 5 heteroatoms. The first-order valence-corrected chi connectivity index (χ1v) is 7.05. The van der Waals surface area contributed by atoms with E-state index >= 15 is 0 Å². The van der Waals surface area contributed by atoms with Gasteiger partial charge in [0.15, 0.2) is 0 Å². The van der Waals surface area contributed by atoms with Gasteiger partial charge in [-0.1, -0.05) is 0 Å². The second-order valence-corrected chi connectivity index (χ2v) is 4.89. The largest absolute Gasteiger partial charge is 0.489 e. The molecule has 1 atom stereocenters. The van der Waals surface area contributed by atoms with Crippen LogP contribution in [-0.4, -0.2) is 44.6 Å². The van der Waals surface area contributed by atoms with E-state index in [-0.39, 0.29) is 6.04 Å². The summed E-state index contributed by atoms with van der Waals surface area (Å²) >= 11 is 0. The van der Waals surface area contributed by atoms with Crippen LogP contribution in [0.4, 0.5) is 0 Å². The van der Waals surface area contributed by atoms with Gasteiger partial charge in [0.2, 0.25) is 0 Å². The highest BCUT2D eigenvalue weighted by Gasteiger charge is 2.08. The van der Waals surface area contributed by atoms with Crippen LogP contribution in [0.3, 0.4) is 0 Å². The van der Waals surface area contributed by atoms with Crippen LogP contribution in [0.25, 0.3) is 0 Å². The van der Waals surface area contributed by atoms with Crippen molar-refractivity contribution in [3.05, 3.63) is 23.5 Å². The van der Waals surface area contributed by atoms with Crippen molar-refractivity contribution in [2.45, 2.75) is 32.7 Å². The molecule has 1 aromatic heterocycles. The van der Waals surface area contributed by atoms with Gasteiger partial charge in [-0.3, -0.25) is 4.98 Å². The van der Waals surface area contributed by atoms with Gasteiger partial charge in [-0.25, -0.2) is 0 Å². The van der Waals surface area contributed by atoms with Crippen molar-refractivity contribution in [1.82, 2.24) is 4.98 Å². The lowest BCUT2D eigenvalue weighted by Crippen LogP contribution is -2.20. The summed E-state index contributed by atoms with van der Waals surface area (Å²) in [5.74, 6) is 0.799. The van der Waals surface area contributed by atoms with Crippen molar-refractivity contribution < 1.29 is 14.2 Å². The Hall–Kier alpha value is -1.17. The molecule has 1 unspecified atom stereocenters. The summed E-state index contributed by atoms with van der Waals surface area (Å²) in [6.45, 7) is 6.43. The van der Waals surface area contributed by atoms with Gasteiger partial charge in [0.1, 0.15) is 12.4 Å². The second-order valence-electron chi connectivity index (χ2n) is 4.89. The van der Waals surface area contributed by atoms with E-state index in [0.717, 1.165) is 30.2 Å². The fourth-order valence-electron chi connectivity index (χ4n) is 1.80. The maximum absolute atomic E-state index is 5.83. The van der Waals surface area contributed by atoms with Crippen LogP contribution < -0.4 is 10.5 Å². The van der Waals surface area contributed by atoms with Crippen LogP contribution in [0.5, 0.6) is 5.75 Å². The van der Waals surface area contributed by atoms with Crippen molar-refractivity contribution in [2.75, 3.05) is 33.5 Å². The molecule has 1 heterocycles. The monoisotopic (exact) mass is 282 g/mol. The number of ether oxygens (including phenoxy) is 3.